The van der Waals surface area contributed by atoms with Crippen molar-refractivity contribution in [2.24, 2.45) is 15.6 Å². The summed E-state index contributed by atoms with van der Waals surface area (Å²) in [6.07, 6.45) is 0.978. The van der Waals surface area contributed by atoms with E-state index in [0.29, 0.717) is 16.4 Å². The van der Waals surface area contributed by atoms with Crippen LogP contribution in [0.25, 0.3) is 10.8 Å². The molecule has 0 aliphatic heterocycles. The molecule has 0 heterocycles. The maximum absolute atomic E-state index is 10.3. The predicted molar refractivity (Wildman–Crippen MR) is 120 cm³/mol. The molecule has 0 aliphatic carbocycles. The van der Waals surface area contributed by atoms with Crippen molar-refractivity contribution in [1.29, 1.82) is 0 Å². The van der Waals surface area contributed by atoms with Crippen molar-refractivity contribution in [1.82, 2.24) is 0 Å². The lowest BCUT2D eigenvalue weighted by Crippen LogP contribution is -2.24. The monoisotopic (exact) mass is 410 g/mol. The van der Waals surface area contributed by atoms with Crippen LogP contribution in [0, 0.1) is 5.41 Å². The predicted octanol–water partition coefficient (Wildman–Crippen LogP) is 8.03. The van der Waals surface area contributed by atoms with Crippen molar-refractivity contribution in [2.75, 3.05) is 0 Å². The van der Waals surface area contributed by atoms with Gasteiger partial charge >= 0.3 is 0 Å². The number of hydrogen-bond acceptors (Lipinski definition) is 4. The molecule has 0 saturated heterocycles. The topological polar surface area (TPSA) is 65.2 Å². The van der Waals surface area contributed by atoms with Crippen LogP contribution in [-0.2, 0) is 5.41 Å². The Morgan fingerprint density at radius 2 is 1.52 bits per heavy atom. The van der Waals surface area contributed by atoms with Gasteiger partial charge in [0.1, 0.15) is 22.9 Å². The molecule has 0 fully saturated rings. The van der Waals surface area contributed by atoms with Gasteiger partial charge in [-0.2, -0.15) is 0 Å². The third-order valence-corrected chi connectivity index (χ3v) is 5.15. The molecule has 0 amide bonds. The molecule has 0 unspecified atom stereocenters. The fraction of sp³-hybridized carbons (Fsp3) is 0.333. The van der Waals surface area contributed by atoms with E-state index in [2.05, 4.69) is 44.8 Å². The van der Waals surface area contributed by atoms with Crippen LogP contribution in [0.3, 0.4) is 0 Å². The number of aromatic hydroxyl groups is 2. The third kappa shape index (κ3) is 4.88. The zero-order valence-electron chi connectivity index (χ0n) is 17.5. The van der Waals surface area contributed by atoms with Gasteiger partial charge in [-0.25, -0.2) is 0 Å². The van der Waals surface area contributed by atoms with Crippen LogP contribution >= 0.6 is 11.6 Å². The van der Waals surface area contributed by atoms with Crippen LogP contribution < -0.4 is 0 Å². The molecule has 3 rings (SSSR count). The molecule has 5 heteroatoms. The van der Waals surface area contributed by atoms with Crippen LogP contribution in [0.15, 0.2) is 58.8 Å². The number of hydrogen-bond donors (Lipinski definition) is 2. The first kappa shape index (κ1) is 21.1. The molecule has 152 valence electrons. The Hall–Kier alpha value is -2.59. The molecule has 4 nitrogen and oxygen atoms in total. The third-order valence-electron chi connectivity index (χ3n) is 4.92. The van der Waals surface area contributed by atoms with E-state index in [4.69, 9.17) is 11.6 Å². The maximum Gasteiger partial charge on any atom is 0.143 e. The fourth-order valence-electron chi connectivity index (χ4n) is 3.93. The minimum atomic E-state index is -0.0887. The van der Waals surface area contributed by atoms with Gasteiger partial charge in [-0.05, 0) is 58.5 Å². The molecule has 3 aromatic rings. The average Bonchev–Trinajstić information content (AvgIpc) is 2.60. The lowest BCUT2D eigenvalue weighted by molar-refractivity contribution is 0.284. The zero-order chi connectivity index (χ0) is 21.4. The lowest BCUT2D eigenvalue weighted by Gasteiger charge is -2.33. The number of halogens is 1. The minimum Gasteiger partial charge on any atom is -0.506 e. The second kappa shape index (κ2) is 7.68. The molecular formula is C24H27ClN2O2. The van der Waals surface area contributed by atoms with Gasteiger partial charge in [-0.1, -0.05) is 64.4 Å². The summed E-state index contributed by atoms with van der Waals surface area (Å²) in [5.41, 5.74) is 1.87. The summed E-state index contributed by atoms with van der Waals surface area (Å²) in [6, 6.07) is 14.1. The molecule has 0 aromatic heterocycles. The van der Waals surface area contributed by atoms with Crippen molar-refractivity contribution < 1.29 is 10.2 Å². The van der Waals surface area contributed by atoms with E-state index in [-0.39, 0.29) is 22.3 Å². The van der Waals surface area contributed by atoms with Gasteiger partial charge in [-0.15, -0.1) is 10.2 Å². The molecule has 29 heavy (non-hydrogen) atoms. The summed E-state index contributed by atoms with van der Waals surface area (Å²) in [4.78, 5) is 0. The van der Waals surface area contributed by atoms with E-state index < -0.39 is 0 Å². The minimum absolute atomic E-state index is 0.0206. The normalized spacial score (nSPS) is 12.8. The largest absolute Gasteiger partial charge is 0.506 e. The number of benzene rings is 3. The second-order valence-electron chi connectivity index (χ2n) is 9.32. The molecular weight excluding hydrogens is 384 g/mol. The standard InChI is InChI=1S/C24H27ClN2O2/c1-23(2,3)14-24(4,5)16-7-11-20(28)19(13-16)26-27-22-18-9-8-17(25)12-15(18)6-10-21(22)29/h6-13,28-29H,14H2,1-5H3. The van der Waals surface area contributed by atoms with E-state index >= 15 is 0 Å². The quantitative estimate of drug-likeness (QED) is 0.427. The Labute approximate surface area is 176 Å². The van der Waals surface area contributed by atoms with Gasteiger partial charge in [-0.3, -0.25) is 0 Å². The highest BCUT2D eigenvalue weighted by molar-refractivity contribution is 6.31. The van der Waals surface area contributed by atoms with Gasteiger partial charge < -0.3 is 10.2 Å². The summed E-state index contributed by atoms with van der Waals surface area (Å²) in [5.74, 6) is 0.0686. The van der Waals surface area contributed by atoms with Crippen molar-refractivity contribution in [3.05, 3.63) is 59.1 Å². The molecule has 0 spiro atoms. The molecule has 0 saturated carbocycles. The Kier molecular flexibility index (Phi) is 5.59. The first-order valence-corrected chi connectivity index (χ1v) is 10.0. The first-order chi connectivity index (χ1) is 13.5. The van der Waals surface area contributed by atoms with Gasteiger partial charge in [0.05, 0.1) is 0 Å². The highest BCUT2D eigenvalue weighted by Gasteiger charge is 2.27. The maximum atomic E-state index is 10.3. The zero-order valence-corrected chi connectivity index (χ0v) is 18.2. The van der Waals surface area contributed by atoms with E-state index in [0.717, 1.165) is 22.8 Å². The van der Waals surface area contributed by atoms with Crippen LogP contribution in [0.1, 0.15) is 46.6 Å². The number of rotatable bonds is 4. The van der Waals surface area contributed by atoms with Crippen molar-refractivity contribution in [2.45, 2.75) is 46.5 Å². The van der Waals surface area contributed by atoms with E-state index in [1.54, 1.807) is 30.3 Å². The van der Waals surface area contributed by atoms with E-state index in [9.17, 15) is 10.2 Å². The summed E-state index contributed by atoms with van der Waals surface area (Å²) < 4.78 is 0. The van der Waals surface area contributed by atoms with Crippen LogP contribution in [0.4, 0.5) is 11.4 Å². The molecule has 0 bridgehead atoms. The van der Waals surface area contributed by atoms with Crippen molar-refractivity contribution in [3.8, 4) is 11.5 Å². The molecule has 0 atom stereocenters. The summed E-state index contributed by atoms with van der Waals surface area (Å²) in [7, 11) is 0. The fourth-order valence-corrected chi connectivity index (χ4v) is 4.11. The SMILES string of the molecule is CC(C)(C)CC(C)(C)c1ccc(O)c(N=Nc2c(O)ccc3cc(Cl)ccc23)c1. The summed E-state index contributed by atoms with van der Waals surface area (Å²) in [6.45, 7) is 11.0. The molecule has 0 aliphatic rings. The molecule has 0 radical (unpaired) electrons. The smallest absolute Gasteiger partial charge is 0.143 e. The lowest BCUT2D eigenvalue weighted by atomic mass is 9.72. The number of phenolic OH excluding ortho intramolecular Hbond substituents is 2. The number of nitrogens with zero attached hydrogens (tertiary/aromatic N) is 2. The van der Waals surface area contributed by atoms with Gasteiger partial charge in [0, 0.05) is 10.4 Å². The van der Waals surface area contributed by atoms with Gasteiger partial charge in [0.25, 0.3) is 0 Å². The first-order valence-electron chi connectivity index (χ1n) is 9.63. The van der Waals surface area contributed by atoms with Crippen molar-refractivity contribution >= 4 is 33.7 Å². The summed E-state index contributed by atoms with van der Waals surface area (Å²) >= 11 is 6.06. The Balaban J connectivity index is 2.02. The second-order valence-corrected chi connectivity index (χ2v) is 9.76. The Bertz CT molecular complexity index is 1080. The average molecular weight is 411 g/mol. The van der Waals surface area contributed by atoms with Crippen molar-refractivity contribution in [3.63, 3.8) is 0 Å². The number of fused-ring (bicyclic) bond motifs is 1. The number of azo groups is 1. The van der Waals surface area contributed by atoms with Gasteiger partial charge in [0.2, 0.25) is 0 Å². The Morgan fingerprint density at radius 1 is 0.828 bits per heavy atom. The highest BCUT2D eigenvalue weighted by Crippen LogP contribution is 2.41. The van der Waals surface area contributed by atoms with Crippen LogP contribution in [0.5, 0.6) is 11.5 Å². The van der Waals surface area contributed by atoms with Crippen LogP contribution in [-0.4, -0.2) is 10.2 Å². The van der Waals surface area contributed by atoms with Gasteiger partial charge in [0.15, 0.2) is 0 Å². The molecule has 3 aromatic carbocycles. The highest BCUT2D eigenvalue weighted by atomic mass is 35.5. The van der Waals surface area contributed by atoms with E-state index in [1.165, 1.54) is 0 Å². The molecule has 2 N–H and O–H groups in total. The summed E-state index contributed by atoms with van der Waals surface area (Å²) in [5, 5.41) is 31.3. The Morgan fingerprint density at radius 3 is 2.21 bits per heavy atom. The van der Waals surface area contributed by atoms with E-state index in [1.807, 2.05) is 18.2 Å². The van der Waals surface area contributed by atoms with Crippen LogP contribution in [0.2, 0.25) is 5.02 Å². The number of phenols is 2.